The lowest BCUT2D eigenvalue weighted by Gasteiger charge is -2.31. The molecule has 0 aliphatic heterocycles. The monoisotopic (exact) mass is 302 g/mol. The summed E-state index contributed by atoms with van der Waals surface area (Å²) in [6.45, 7) is 0. The Morgan fingerprint density at radius 3 is 2.90 bits per heavy atom. The number of aromatic nitrogens is 2. The number of allylic oxidation sites excluding steroid dienone is 1. The van der Waals surface area contributed by atoms with E-state index < -0.39 is 5.54 Å². The van der Waals surface area contributed by atoms with Crippen LogP contribution >= 0.6 is 11.6 Å². The van der Waals surface area contributed by atoms with E-state index in [2.05, 4.69) is 15.4 Å². The van der Waals surface area contributed by atoms with Gasteiger partial charge in [0.15, 0.2) is 0 Å². The Balaban J connectivity index is 2.15. The van der Waals surface area contributed by atoms with Gasteiger partial charge in [0.2, 0.25) is 0 Å². The molecule has 3 N–H and O–H groups in total. The maximum absolute atomic E-state index is 6.02. The van der Waals surface area contributed by atoms with Gasteiger partial charge in [-0.1, -0.05) is 17.7 Å². The first-order valence-electron chi connectivity index (χ1n) is 6.50. The second-order valence-corrected chi connectivity index (χ2v) is 5.28. The van der Waals surface area contributed by atoms with Crippen molar-refractivity contribution in [1.82, 2.24) is 15.4 Å². The van der Waals surface area contributed by atoms with Gasteiger partial charge in [0, 0.05) is 10.4 Å². The van der Waals surface area contributed by atoms with Crippen molar-refractivity contribution in [2.45, 2.75) is 12.0 Å². The van der Waals surface area contributed by atoms with Crippen LogP contribution in [-0.2, 0) is 10.3 Å². The molecule has 0 fully saturated rings. The van der Waals surface area contributed by atoms with E-state index >= 15 is 0 Å². The number of nitrogens with two attached hydrogens (primary N) is 1. The highest BCUT2D eigenvalue weighted by molar-refractivity contribution is 6.31. The summed E-state index contributed by atoms with van der Waals surface area (Å²) in [5, 5.41) is 1.56. The molecule has 3 rings (SSSR count). The fraction of sp³-hybridized carbons (Fsp3) is 0.200. The van der Waals surface area contributed by atoms with Gasteiger partial charge < -0.3 is 4.74 Å². The lowest BCUT2D eigenvalue weighted by molar-refractivity contribution is 0.294. The number of nitrogens with one attached hydrogen (secondary N) is 1. The number of hydrogen-bond acceptors (Lipinski definition) is 5. The molecule has 1 heterocycles. The molecular formula is C15H15ClN4O. The molecule has 0 saturated carbocycles. The van der Waals surface area contributed by atoms with Gasteiger partial charge in [-0.25, -0.2) is 15.4 Å². The summed E-state index contributed by atoms with van der Waals surface area (Å²) in [6.07, 6.45) is 7.98. The van der Waals surface area contributed by atoms with Crippen LogP contribution in [0.2, 0.25) is 5.02 Å². The molecule has 1 aliphatic rings. The minimum atomic E-state index is -0.586. The SMILES string of the molecule is COC1=CCC(NN)(c2ncnc3cc(Cl)ccc23)C=C1. The highest BCUT2D eigenvalue weighted by atomic mass is 35.5. The second kappa shape index (κ2) is 5.44. The quantitative estimate of drug-likeness (QED) is 0.673. The van der Waals surface area contributed by atoms with E-state index in [1.165, 1.54) is 6.33 Å². The van der Waals surface area contributed by atoms with Crippen LogP contribution in [0.3, 0.4) is 0 Å². The third kappa shape index (κ3) is 2.40. The van der Waals surface area contributed by atoms with Gasteiger partial charge >= 0.3 is 0 Å². The Morgan fingerprint density at radius 2 is 2.24 bits per heavy atom. The van der Waals surface area contributed by atoms with Crippen molar-refractivity contribution in [2.24, 2.45) is 5.84 Å². The maximum atomic E-state index is 6.02. The lowest BCUT2D eigenvalue weighted by atomic mass is 9.86. The first kappa shape index (κ1) is 14.0. The van der Waals surface area contributed by atoms with Crippen molar-refractivity contribution in [3.05, 3.63) is 59.2 Å². The molecule has 108 valence electrons. The zero-order chi connectivity index (χ0) is 14.9. The molecule has 1 atom stereocenters. The molecule has 0 bridgehead atoms. The van der Waals surface area contributed by atoms with Gasteiger partial charge in [-0.15, -0.1) is 0 Å². The molecule has 0 saturated heterocycles. The maximum Gasteiger partial charge on any atom is 0.116 e. The van der Waals surface area contributed by atoms with Crippen LogP contribution in [0.1, 0.15) is 12.1 Å². The predicted octanol–water partition coefficient (Wildman–Crippen LogP) is 2.43. The molecule has 5 nitrogen and oxygen atoms in total. The van der Waals surface area contributed by atoms with Crippen LogP contribution < -0.4 is 11.3 Å². The molecule has 0 spiro atoms. The molecule has 0 amide bonds. The molecule has 1 aromatic carbocycles. The lowest BCUT2D eigenvalue weighted by Crippen LogP contribution is -2.46. The van der Waals surface area contributed by atoms with E-state index in [1.54, 1.807) is 7.11 Å². The zero-order valence-electron chi connectivity index (χ0n) is 11.5. The van der Waals surface area contributed by atoms with Crippen molar-refractivity contribution in [3.8, 4) is 0 Å². The average Bonchev–Trinajstić information content (AvgIpc) is 2.54. The second-order valence-electron chi connectivity index (χ2n) is 4.85. The standard InChI is InChI=1S/C15H15ClN4O/c1-21-11-4-6-15(20-17,7-5-11)14-12-3-2-10(16)8-13(12)18-9-19-14/h2-6,8-9,20H,7,17H2,1H3. The van der Waals surface area contributed by atoms with E-state index in [0.29, 0.717) is 11.4 Å². The number of halogens is 1. The molecule has 1 unspecified atom stereocenters. The minimum absolute atomic E-state index is 0.586. The summed E-state index contributed by atoms with van der Waals surface area (Å²) in [4.78, 5) is 8.70. The fourth-order valence-electron chi connectivity index (χ4n) is 2.51. The van der Waals surface area contributed by atoms with Crippen LogP contribution in [-0.4, -0.2) is 17.1 Å². The summed E-state index contributed by atoms with van der Waals surface area (Å²) in [5.41, 5.74) is 3.89. The van der Waals surface area contributed by atoms with E-state index in [9.17, 15) is 0 Å². The first-order chi connectivity index (χ1) is 10.2. The summed E-state index contributed by atoms with van der Waals surface area (Å²) in [6, 6.07) is 5.55. The van der Waals surface area contributed by atoms with Crippen LogP contribution in [0.5, 0.6) is 0 Å². The van der Waals surface area contributed by atoms with Crippen molar-refractivity contribution < 1.29 is 4.74 Å². The normalized spacial score (nSPS) is 21.4. The van der Waals surface area contributed by atoms with Gasteiger partial charge in [0.1, 0.15) is 12.1 Å². The first-order valence-corrected chi connectivity index (χ1v) is 6.88. The van der Waals surface area contributed by atoms with Crippen molar-refractivity contribution in [1.29, 1.82) is 0 Å². The number of fused-ring (bicyclic) bond motifs is 1. The Kier molecular flexibility index (Phi) is 3.63. The van der Waals surface area contributed by atoms with Gasteiger partial charge in [-0.3, -0.25) is 5.84 Å². The van der Waals surface area contributed by atoms with Crippen molar-refractivity contribution >= 4 is 22.5 Å². The number of hydrogen-bond donors (Lipinski definition) is 2. The number of hydrazine groups is 1. The minimum Gasteiger partial charge on any atom is -0.497 e. The number of benzene rings is 1. The highest BCUT2D eigenvalue weighted by Gasteiger charge is 2.32. The Bertz CT molecular complexity index is 744. The predicted molar refractivity (Wildman–Crippen MR) is 82.4 cm³/mol. The van der Waals surface area contributed by atoms with Crippen molar-refractivity contribution in [2.75, 3.05) is 7.11 Å². The molecule has 21 heavy (non-hydrogen) atoms. The Morgan fingerprint density at radius 1 is 1.38 bits per heavy atom. The Hall–Kier alpha value is -1.95. The molecule has 2 aromatic rings. The molecular weight excluding hydrogens is 288 g/mol. The topological polar surface area (TPSA) is 73.1 Å². The fourth-order valence-corrected chi connectivity index (χ4v) is 2.68. The van der Waals surface area contributed by atoms with Crippen LogP contribution in [0, 0.1) is 0 Å². The summed E-state index contributed by atoms with van der Waals surface area (Å²) in [5.74, 6) is 6.63. The summed E-state index contributed by atoms with van der Waals surface area (Å²) in [7, 11) is 1.64. The van der Waals surface area contributed by atoms with Gasteiger partial charge in [-0.2, -0.15) is 0 Å². The number of ether oxygens (including phenoxy) is 1. The summed E-state index contributed by atoms with van der Waals surface area (Å²) < 4.78 is 5.22. The van der Waals surface area contributed by atoms with Gasteiger partial charge in [0.05, 0.1) is 23.9 Å². The van der Waals surface area contributed by atoms with E-state index in [4.69, 9.17) is 22.2 Å². The van der Waals surface area contributed by atoms with E-state index in [-0.39, 0.29) is 0 Å². The van der Waals surface area contributed by atoms with Crippen LogP contribution in [0.4, 0.5) is 0 Å². The Labute approximate surface area is 127 Å². The molecule has 1 aromatic heterocycles. The third-order valence-electron chi connectivity index (χ3n) is 3.67. The molecule has 1 aliphatic carbocycles. The smallest absolute Gasteiger partial charge is 0.116 e. The molecule has 0 radical (unpaired) electrons. The number of methoxy groups -OCH3 is 1. The van der Waals surface area contributed by atoms with Crippen LogP contribution in [0.25, 0.3) is 10.9 Å². The van der Waals surface area contributed by atoms with Crippen LogP contribution in [0.15, 0.2) is 48.5 Å². The van der Waals surface area contributed by atoms with Gasteiger partial charge in [-0.05, 0) is 36.8 Å². The average molecular weight is 303 g/mol. The molecule has 6 heteroatoms. The number of rotatable bonds is 3. The van der Waals surface area contributed by atoms with E-state index in [1.807, 2.05) is 36.4 Å². The van der Waals surface area contributed by atoms with Gasteiger partial charge in [0.25, 0.3) is 0 Å². The third-order valence-corrected chi connectivity index (χ3v) is 3.91. The number of nitrogens with zero attached hydrogens (tertiary/aromatic N) is 2. The highest BCUT2D eigenvalue weighted by Crippen LogP contribution is 2.34. The summed E-state index contributed by atoms with van der Waals surface area (Å²) >= 11 is 6.02. The largest absolute Gasteiger partial charge is 0.497 e. The van der Waals surface area contributed by atoms with E-state index in [0.717, 1.165) is 22.4 Å². The van der Waals surface area contributed by atoms with Crippen molar-refractivity contribution in [3.63, 3.8) is 0 Å². The zero-order valence-corrected chi connectivity index (χ0v) is 12.3.